The Hall–Kier alpha value is -4.59. The Morgan fingerprint density at radius 2 is 1.58 bits per heavy atom. The first-order valence-corrected chi connectivity index (χ1v) is 11.8. The van der Waals surface area contributed by atoms with Crippen LogP contribution in [0.3, 0.4) is 0 Å². The zero-order valence-electron chi connectivity index (χ0n) is 19.6. The maximum Gasteiger partial charge on any atom is 0.330 e. The number of anilines is 2. The number of nitrogens with one attached hydrogen (secondary N) is 1. The van der Waals surface area contributed by atoms with Crippen LogP contribution in [0.1, 0.15) is 29.0 Å². The van der Waals surface area contributed by atoms with Crippen LogP contribution in [0.15, 0.2) is 94.5 Å². The number of carbonyl (C=O) groups is 1. The number of aromatic amines is 1. The molecule has 5 rings (SSSR count). The molecule has 0 aliphatic carbocycles. The number of hydrogen-bond donors (Lipinski definition) is 2. The summed E-state index contributed by atoms with van der Waals surface area (Å²) in [5.74, 6) is -0.210. The number of amides is 1. The fourth-order valence-corrected chi connectivity index (χ4v) is 4.58. The second-order valence-corrected chi connectivity index (χ2v) is 8.70. The van der Waals surface area contributed by atoms with E-state index in [1.807, 2.05) is 84.9 Å². The molecule has 0 saturated carbocycles. The van der Waals surface area contributed by atoms with Gasteiger partial charge >= 0.3 is 5.69 Å². The van der Waals surface area contributed by atoms with Crippen molar-refractivity contribution in [2.24, 2.45) is 0 Å². The van der Waals surface area contributed by atoms with Gasteiger partial charge in [-0.05, 0) is 23.6 Å². The predicted molar refractivity (Wildman–Crippen MR) is 138 cm³/mol. The monoisotopic (exact) mass is 482 g/mol. The molecule has 182 valence electrons. The third-order valence-electron chi connectivity index (χ3n) is 6.37. The normalized spacial score (nSPS) is 14.5. The number of aromatic nitrogens is 2. The lowest BCUT2D eigenvalue weighted by atomic mass is 9.91. The Bertz CT molecular complexity index is 1500. The molecule has 4 aromatic rings. The minimum absolute atomic E-state index is 0.0386. The molecule has 1 amide bonds. The van der Waals surface area contributed by atoms with E-state index in [1.54, 1.807) is 0 Å². The van der Waals surface area contributed by atoms with Crippen LogP contribution in [0.2, 0.25) is 0 Å². The highest BCUT2D eigenvalue weighted by atomic mass is 16.5. The van der Waals surface area contributed by atoms with Crippen molar-refractivity contribution in [2.75, 3.05) is 17.2 Å². The van der Waals surface area contributed by atoms with Gasteiger partial charge in [0.15, 0.2) is 5.69 Å². The van der Waals surface area contributed by atoms with Crippen molar-refractivity contribution < 1.29 is 9.53 Å². The molecule has 36 heavy (non-hydrogen) atoms. The average Bonchev–Trinajstić information content (AvgIpc) is 2.91. The number of carbonyl (C=O) groups excluding carboxylic acids is 1. The van der Waals surface area contributed by atoms with Crippen LogP contribution >= 0.6 is 0 Å². The minimum Gasteiger partial charge on any atom is -0.493 e. The standard InChI is InChI=1S/C28H26N4O4/c29-25-24(26(33)30-28(35)32(25)18-20-11-5-2-6-12-20)31(17-19-9-3-1-4-10-19)27(34)22-15-16-36-23-14-8-7-13-21(22)23/h1-14,22H,15-18,29H2,(H,30,33,35). The Labute approximate surface area is 207 Å². The SMILES string of the molecule is Nc1c(N(Cc2ccccc2)C(=O)C2CCOc3ccccc32)c(=O)[nH]c(=O)n1Cc1ccccc1. The molecule has 0 radical (unpaired) electrons. The molecule has 0 spiro atoms. The first-order chi connectivity index (χ1) is 17.5. The van der Waals surface area contributed by atoms with Crippen molar-refractivity contribution in [3.63, 3.8) is 0 Å². The number of nitrogens with zero attached hydrogens (tertiary/aromatic N) is 2. The van der Waals surface area contributed by atoms with Crippen molar-refractivity contribution in [3.8, 4) is 5.75 Å². The quantitative estimate of drug-likeness (QED) is 0.438. The Balaban J connectivity index is 1.62. The molecule has 2 heterocycles. The van der Waals surface area contributed by atoms with E-state index >= 15 is 0 Å². The predicted octanol–water partition coefficient (Wildman–Crippen LogP) is 3.27. The Morgan fingerprint density at radius 3 is 2.31 bits per heavy atom. The first kappa shape index (κ1) is 23.2. The van der Waals surface area contributed by atoms with E-state index in [9.17, 15) is 14.4 Å². The Morgan fingerprint density at radius 1 is 0.944 bits per heavy atom. The van der Waals surface area contributed by atoms with E-state index in [4.69, 9.17) is 10.5 Å². The van der Waals surface area contributed by atoms with Gasteiger partial charge in [-0.25, -0.2) is 4.79 Å². The lowest BCUT2D eigenvalue weighted by Gasteiger charge is -2.31. The maximum atomic E-state index is 14.1. The van der Waals surface area contributed by atoms with Gasteiger partial charge in [-0.2, -0.15) is 0 Å². The number of hydrogen-bond acceptors (Lipinski definition) is 5. The lowest BCUT2D eigenvalue weighted by molar-refractivity contribution is -0.120. The molecule has 1 atom stereocenters. The van der Waals surface area contributed by atoms with Crippen molar-refractivity contribution in [1.29, 1.82) is 0 Å². The van der Waals surface area contributed by atoms with Gasteiger partial charge in [0.25, 0.3) is 5.56 Å². The summed E-state index contributed by atoms with van der Waals surface area (Å²) in [6.07, 6.45) is 0.461. The molecule has 1 aliphatic rings. The summed E-state index contributed by atoms with van der Waals surface area (Å²) in [6, 6.07) is 26.1. The van der Waals surface area contributed by atoms with E-state index in [2.05, 4.69) is 4.98 Å². The maximum absolute atomic E-state index is 14.1. The van der Waals surface area contributed by atoms with Gasteiger partial charge in [0, 0.05) is 5.56 Å². The second kappa shape index (κ2) is 9.95. The Kier molecular flexibility index (Phi) is 6.40. The van der Waals surface area contributed by atoms with Gasteiger partial charge in [-0.3, -0.25) is 24.0 Å². The van der Waals surface area contributed by atoms with Crippen LogP contribution in [0.25, 0.3) is 0 Å². The summed E-state index contributed by atoms with van der Waals surface area (Å²) in [5, 5.41) is 0. The topological polar surface area (TPSA) is 110 Å². The molecule has 0 fully saturated rings. The zero-order valence-corrected chi connectivity index (χ0v) is 19.6. The third-order valence-corrected chi connectivity index (χ3v) is 6.37. The summed E-state index contributed by atoms with van der Waals surface area (Å²) in [7, 11) is 0. The van der Waals surface area contributed by atoms with Crippen LogP contribution in [0.4, 0.5) is 11.5 Å². The van der Waals surface area contributed by atoms with E-state index in [0.29, 0.717) is 18.8 Å². The average molecular weight is 483 g/mol. The smallest absolute Gasteiger partial charge is 0.330 e. The fourth-order valence-electron chi connectivity index (χ4n) is 4.58. The highest BCUT2D eigenvalue weighted by Gasteiger charge is 2.34. The van der Waals surface area contributed by atoms with Crippen molar-refractivity contribution in [1.82, 2.24) is 9.55 Å². The van der Waals surface area contributed by atoms with E-state index in [0.717, 1.165) is 16.7 Å². The molecule has 1 aromatic heterocycles. The summed E-state index contributed by atoms with van der Waals surface area (Å²) < 4.78 is 7.03. The van der Waals surface area contributed by atoms with Gasteiger partial charge in [0.05, 0.1) is 25.6 Å². The lowest BCUT2D eigenvalue weighted by Crippen LogP contribution is -2.43. The van der Waals surface area contributed by atoms with Crippen molar-refractivity contribution in [2.45, 2.75) is 25.4 Å². The van der Waals surface area contributed by atoms with Crippen molar-refractivity contribution >= 4 is 17.4 Å². The number of rotatable bonds is 6. The van der Waals surface area contributed by atoms with Gasteiger partial charge in [0.2, 0.25) is 5.91 Å². The van der Waals surface area contributed by atoms with Crippen LogP contribution < -0.4 is 26.6 Å². The molecular formula is C28H26N4O4. The van der Waals surface area contributed by atoms with Crippen LogP contribution in [0.5, 0.6) is 5.75 Å². The molecule has 1 aliphatic heterocycles. The highest BCUT2D eigenvalue weighted by molar-refractivity contribution is 6.00. The van der Waals surface area contributed by atoms with E-state index < -0.39 is 17.2 Å². The number of H-pyrrole nitrogens is 1. The largest absolute Gasteiger partial charge is 0.493 e. The summed E-state index contributed by atoms with van der Waals surface area (Å²) >= 11 is 0. The number of benzene rings is 3. The number of nitrogens with two attached hydrogens (primary N) is 1. The van der Waals surface area contributed by atoms with Gasteiger partial charge in [0.1, 0.15) is 11.6 Å². The van der Waals surface area contributed by atoms with E-state index in [-0.39, 0.29) is 30.5 Å². The van der Waals surface area contributed by atoms with E-state index in [1.165, 1.54) is 9.47 Å². The van der Waals surface area contributed by atoms with Gasteiger partial charge in [-0.15, -0.1) is 0 Å². The van der Waals surface area contributed by atoms with Crippen LogP contribution in [-0.2, 0) is 17.9 Å². The molecule has 8 heteroatoms. The fraction of sp³-hybridized carbons (Fsp3) is 0.179. The second-order valence-electron chi connectivity index (χ2n) is 8.70. The number of fused-ring (bicyclic) bond motifs is 1. The summed E-state index contributed by atoms with van der Waals surface area (Å²) in [6.45, 7) is 0.657. The molecule has 0 saturated heterocycles. The molecule has 3 N–H and O–H groups in total. The summed E-state index contributed by atoms with van der Waals surface area (Å²) in [5.41, 5.74) is 7.53. The molecule has 8 nitrogen and oxygen atoms in total. The zero-order chi connectivity index (χ0) is 25.1. The number of nitrogen functional groups attached to an aromatic ring is 1. The molecular weight excluding hydrogens is 456 g/mol. The summed E-state index contributed by atoms with van der Waals surface area (Å²) in [4.78, 5) is 43.8. The van der Waals surface area contributed by atoms with Crippen LogP contribution in [-0.4, -0.2) is 22.1 Å². The highest BCUT2D eigenvalue weighted by Crippen LogP contribution is 2.36. The van der Waals surface area contributed by atoms with Crippen LogP contribution in [0, 0.1) is 0 Å². The minimum atomic E-state index is -0.702. The molecule has 3 aromatic carbocycles. The van der Waals surface area contributed by atoms with Gasteiger partial charge in [-0.1, -0.05) is 78.9 Å². The third kappa shape index (κ3) is 4.53. The first-order valence-electron chi connectivity index (χ1n) is 11.8. The van der Waals surface area contributed by atoms with Crippen molar-refractivity contribution in [3.05, 3.63) is 122 Å². The number of ether oxygens (including phenoxy) is 1. The van der Waals surface area contributed by atoms with Gasteiger partial charge < -0.3 is 10.5 Å². The molecule has 1 unspecified atom stereocenters. The molecule has 0 bridgehead atoms. The number of para-hydroxylation sites is 1.